The molecule has 1 aromatic heterocycles. The lowest BCUT2D eigenvalue weighted by Gasteiger charge is -2.33. The molecule has 2 rings (SSSR count). The summed E-state index contributed by atoms with van der Waals surface area (Å²) in [6.07, 6.45) is 2.13. The van der Waals surface area contributed by atoms with Gasteiger partial charge in [-0.05, 0) is 37.3 Å². The van der Waals surface area contributed by atoms with Crippen molar-refractivity contribution in [1.82, 2.24) is 10.3 Å². The van der Waals surface area contributed by atoms with Crippen LogP contribution >= 0.6 is 23.4 Å². The van der Waals surface area contributed by atoms with Crippen molar-refractivity contribution in [2.75, 3.05) is 18.1 Å². The molecular formula is C14H17ClN2O4S. The zero-order chi connectivity index (χ0) is 16.2. The largest absolute Gasteiger partial charge is 0.480 e. The number of halogens is 1. The number of thioether (sulfide) groups is 1. The Bertz CT molecular complexity index is 576. The van der Waals surface area contributed by atoms with Gasteiger partial charge in [0.2, 0.25) is 5.88 Å². The molecule has 1 aromatic rings. The van der Waals surface area contributed by atoms with Crippen molar-refractivity contribution in [3.05, 3.63) is 22.8 Å². The molecule has 0 unspecified atom stereocenters. The van der Waals surface area contributed by atoms with Crippen LogP contribution in [0.5, 0.6) is 5.88 Å². The lowest BCUT2D eigenvalue weighted by Crippen LogP contribution is -2.56. The summed E-state index contributed by atoms with van der Waals surface area (Å²) in [6, 6.07) is 1.43. The average Bonchev–Trinajstić information content (AvgIpc) is 2.50. The maximum atomic E-state index is 12.3. The van der Waals surface area contributed by atoms with Crippen LogP contribution in [0.15, 0.2) is 12.3 Å². The molecule has 1 aliphatic heterocycles. The van der Waals surface area contributed by atoms with Crippen molar-refractivity contribution < 1.29 is 19.4 Å². The van der Waals surface area contributed by atoms with E-state index in [-0.39, 0.29) is 16.5 Å². The fraction of sp³-hybridized carbons (Fsp3) is 0.500. The van der Waals surface area contributed by atoms with Gasteiger partial charge < -0.3 is 15.2 Å². The Morgan fingerprint density at radius 1 is 1.50 bits per heavy atom. The number of rotatable bonds is 5. The van der Waals surface area contributed by atoms with E-state index in [0.29, 0.717) is 31.0 Å². The molecule has 0 saturated carbocycles. The SMILES string of the molecule is CCOc1ncc(C(=O)NC2(C(=O)O)CCSCC2)cc1Cl. The molecule has 1 amide bonds. The van der Waals surface area contributed by atoms with Crippen molar-refractivity contribution in [1.29, 1.82) is 0 Å². The molecule has 2 N–H and O–H groups in total. The van der Waals surface area contributed by atoms with Crippen LogP contribution in [0.1, 0.15) is 30.1 Å². The number of carbonyl (C=O) groups is 2. The number of nitrogens with one attached hydrogen (secondary N) is 1. The molecule has 0 radical (unpaired) electrons. The maximum absolute atomic E-state index is 12.3. The van der Waals surface area contributed by atoms with Crippen molar-refractivity contribution in [2.24, 2.45) is 0 Å². The minimum absolute atomic E-state index is 0.215. The zero-order valence-corrected chi connectivity index (χ0v) is 13.7. The highest BCUT2D eigenvalue weighted by atomic mass is 35.5. The van der Waals surface area contributed by atoms with E-state index >= 15 is 0 Å². The Kier molecular flexibility index (Phi) is 5.52. The number of carboxylic acid groups (broad SMARTS) is 1. The van der Waals surface area contributed by atoms with E-state index in [1.807, 2.05) is 0 Å². The molecule has 0 spiro atoms. The van der Waals surface area contributed by atoms with Gasteiger partial charge in [0.25, 0.3) is 5.91 Å². The van der Waals surface area contributed by atoms with E-state index in [1.165, 1.54) is 12.3 Å². The zero-order valence-electron chi connectivity index (χ0n) is 12.1. The summed E-state index contributed by atoms with van der Waals surface area (Å²) >= 11 is 7.69. The number of ether oxygens (including phenoxy) is 1. The number of hydrogen-bond acceptors (Lipinski definition) is 5. The lowest BCUT2D eigenvalue weighted by molar-refractivity contribution is -0.144. The molecule has 0 atom stereocenters. The van der Waals surface area contributed by atoms with E-state index in [9.17, 15) is 14.7 Å². The summed E-state index contributed by atoms with van der Waals surface area (Å²) < 4.78 is 5.21. The highest BCUT2D eigenvalue weighted by Crippen LogP contribution is 2.28. The minimum Gasteiger partial charge on any atom is -0.480 e. The summed E-state index contributed by atoms with van der Waals surface area (Å²) in [6.45, 7) is 2.22. The summed E-state index contributed by atoms with van der Waals surface area (Å²) in [5.41, 5.74) is -1.000. The van der Waals surface area contributed by atoms with Crippen LogP contribution in [0.4, 0.5) is 0 Å². The standard InChI is InChI=1S/C14H17ClN2O4S/c1-2-21-12-10(15)7-9(8-16-12)11(18)17-14(13(19)20)3-5-22-6-4-14/h7-8H,2-6H2,1H3,(H,17,18)(H,19,20). The molecule has 1 saturated heterocycles. The maximum Gasteiger partial charge on any atom is 0.329 e. The van der Waals surface area contributed by atoms with Crippen LogP contribution in [-0.2, 0) is 4.79 Å². The molecule has 22 heavy (non-hydrogen) atoms. The topological polar surface area (TPSA) is 88.5 Å². The number of carboxylic acids is 1. The second-order valence-corrected chi connectivity index (χ2v) is 6.53. The molecule has 8 heteroatoms. The smallest absolute Gasteiger partial charge is 0.329 e. The number of aliphatic carboxylic acids is 1. The molecule has 120 valence electrons. The van der Waals surface area contributed by atoms with E-state index in [2.05, 4.69) is 10.3 Å². The Morgan fingerprint density at radius 2 is 2.18 bits per heavy atom. The van der Waals surface area contributed by atoms with E-state index < -0.39 is 17.4 Å². The third kappa shape index (κ3) is 3.64. The number of amides is 1. The third-order valence-corrected chi connectivity index (χ3v) is 4.72. The summed E-state index contributed by atoms with van der Waals surface area (Å²) in [5, 5.41) is 12.3. The number of aromatic nitrogens is 1. The van der Waals surface area contributed by atoms with Gasteiger partial charge in [0, 0.05) is 6.20 Å². The molecule has 2 heterocycles. The van der Waals surface area contributed by atoms with Crippen LogP contribution in [0.3, 0.4) is 0 Å². The van der Waals surface area contributed by atoms with E-state index in [0.717, 1.165) is 0 Å². The molecule has 0 aromatic carbocycles. The first kappa shape index (κ1) is 16.9. The normalized spacial score (nSPS) is 16.8. The van der Waals surface area contributed by atoms with Crippen molar-refractivity contribution >= 4 is 35.2 Å². The Hall–Kier alpha value is -1.47. The second kappa shape index (κ2) is 7.19. The van der Waals surface area contributed by atoms with Gasteiger partial charge in [-0.3, -0.25) is 4.79 Å². The van der Waals surface area contributed by atoms with Gasteiger partial charge in [-0.25, -0.2) is 9.78 Å². The molecule has 1 aliphatic rings. The fourth-order valence-electron chi connectivity index (χ4n) is 2.19. The van der Waals surface area contributed by atoms with Gasteiger partial charge in [0.1, 0.15) is 10.6 Å². The molecule has 6 nitrogen and oxygen atoms in total. The fourth-order valence-corrected chi connectivity index (χ4v) is 3.60. The van der Waals surface area contributed by atoms with Gasteiger partial charge in [-0.1, -0.05) is 11.6 Å². The van der Waals surface area contributed by atoms with E-state index in [1.54, 1.807) is 18.7 Å². The van der Waals surface area contributed by atoms with Crippen LogP contribution in [-0.4, -0.2) is 45.6 Å². The monoisotopic (exact) mass is 344 g/mol. The molecule has 0 aliphatic carbocycles. The van der Waals surface area contributed by atoms with E-state index in [4.69, 9.17) is 16.3 Å². The van der Waals surface area contributed by atoms with Crippen LogP contribution in [0.2, 0.25) is 5.02 Å². The number of pyridine rings is 1. The number of carbonyl (C=O) groups excluding carboxylic acids is 1. The van der Waals surface area contributed by atoms with Gasteiger partial charge in [0.15, 0.2) is 0 Å². The Morgan fingerprint density at radius 3 is 2.73 bits per heavy atom. The summed E-state index contributed by atoms with van der Waals surface area (Å²) in [5.74, 6) is 0.157. The number of nitrogens with zero attached hydrogens (tertiary/aromatic N) is 1. The Balaban J connectivity index is 2.17. The minimum atomic E-state index is -1.21. The predicted octanol–water partition coefficient (Wildman–Crippen LogP) is 2.21. The quantitative estimate of drug-likeness (QED) is 0.851. The van der Waals surface area contributed by atoms with Crippen molar-refractivity contribution in [3.63, 3.8) is 0 Å². The summed E-state index contributed by atoms with van der Waals surface area (Å²) in [7, 11) is 0. The Labute approximate surface area is 137 Å². The first-order chi connectivity index (χ1) is 10.5. The van der Waals surface area contributed by atoms with Crippen molar-refractivity contribution in [2.45, 2.75) is 25.3 Å². The van der Waals surface area contributed by atoms with Crippen molar-refractivity contribution in [3.8, 4) is 5.88 Å². The van der Waals surface area contributed by atoms with Gasteiger partial charge >= 0.3 is 5.97 Å². The molecule has 0 bridgehead atoms. The second-order valence-electron chi connectivity index (χ2n) is 4.90. The highest BCUT2D eigenvalue weighted by Gasteiger charge is 2.41. The van der Waals surface area contributed by atoms with Crippen LogP contribution in [0, 0.1) is 0 Å². The first-order valence-corrected chi connectivity index (χ1v) is 8.44. The first-order valence-electron chi connectivity index (χ1n) is 6.90. The average molecular weight is 345 g/mol. The van der Waals surface area contributed by atoms with Crippen LogP contribution < -0.4 is 10.1 Å². The predicted molar refractivity (Wildman–Crippen MR) is 84.8 cm³/mol. The van der Waals surface area contributed by atoms with Gasteiger partial charge in [0.05, 0.1) is 12.2 Å². The molecular weight excluding hydrogens is 328 g/mol. The number of hydrogen-bond donors (Lipinski definition) is 2. The van der Waals surface area contributed by atoms with Crippen LogP contribution in [0.25, 0.3) is 0 Å². The highest BCUT2D eigenvalue weighted by molar-refractivity contribution is 7.99. The summed E-state index contributed by atoms with van der Waals surface area (Å²) in [4.78, 5) is 27.9. The van der Waals surface area contributed by atoms with Gasteiger partial charge in [-0.2, -0.15) is 11.8 Å². The van der Waals surface area contributed by atoms with Gasteiger partial charge in [-0.15, -0.1) is 0 Å². The third-order valence-electron chi connectivity index (χ3n) is 3.46. The lowest BCUT2D eigenvalue weighted by atomic mass is 9.92. The molecule has 1 fully saturated rings.